The van der Waals surface area contributed by atoms with Gasteiger partial charge in [0, 0.05) is 5.56 Å². The molecule has 18 heavy (non-hydrogen) atoms. The van der Waals surface area contributed by atoms with E-state index in [1.165, 1.54) is 0 Å². The fraction of sp³-hybridized carbons (Fsp3) is 0.286. The van der Waals surface area contributed by atoms with Gasteiger partial charge in [0.2, 0.25) is 0 Å². The molecule has 0 saturated heterocycles. The maximum absolute atomic E-state index is 5.94. The molecule has 2 rings (SSSR count). The van der Waals surface area contributed by atoms with Crippen LogP contribution in [0.15, 0.2) is 39.2 Å². The summed E-state index contributed by atoms with van der Waals surface area (Å²) in [7, 11) is 1.64. The summed E-state index contributed by atoms with van der Waals surface area (Å²) in [5.41, 5.74) is 6.92. The van der Waals surface area contributed by atoms with E-state index in [-0.39, 0.29) is 6.04 Å². The van der Waals surface area contributed by atoms with Crippen molar-refractivity contribution in [2.24, 2.45) is 5.73 Å². The molecule has 0 aliphatic carbocycles. The first-order valence-electron chi connectivity index (χ1n) is 5.85. The summed E-state index contributed by atoms with van der Waals surface area (Å²) in [5, 5.41) is 0. The molecule has 2 N–H and O–H groups in total. The fourth-order valence-electron chi connectivity index (χ4n) is 1.72. The Morgan fingerprint density at radius 2 is 2.11 bits per heavy atom. The first-order valence-corrected chi connectivity index (χ1v) is 6.64. The van der Waals surface area contributed by atoms with Gasteiger partial charge in [0.05, 0.1) is 17.6 Å². The topological polar surface area (TPSA) is 48.4 Å². The lowest BCUT2D eigenvalue weighted by Crippen LogP contribution is -2.06. The number of nitrogens with two attached hydrogens (primary N) is 1. The van der Waals surface area contributed by atoms with Crippen LogP contribution in [0.2, 0.25) is 0 Å². The van der Waals surface area contributed by atoms with Crippen LogP contribution in [0.3, 0.4) is 0 Å². The molecule has 2 aromatic rings. The molecule has 0 radical (unpaired) electrons. The van der Waals surface area contributed by atoms with Crippen LogP contribution in [-0.2, 0) is 0 Å². The Labute approximate surface area is 115 Å². The number of ether oxygens (including phenoxy) is 1. The normalized spacial score (nSPS) is 12.4. The number of hydrogen-bond acceptors (Lipinski definition) is 3. The van der Waals surface area contributed by atoms with Gasteiger partial charge in [0.25, 0.3) is 0 Å². The van der Waals surface area contributed by atoms with E-state index < -0.39 is 0 Å². The molecule has 0 amide bonds. The maximum Gasteiger partial charge on any atom is 0.134 e. The minimum atomic E-state index is -0.0453. The number of rotatable bonds is 4. The van der Waals surface area contributed by atoms with Crippen molar-refractivity contribution in [2.45, 2.75) is 19.4 Å². The molecule has 3 nitrogen and oxygen atoms in total. The van der Waals surface area contributed by atoms with Crippen LogP contribution in [-0.4, -0.2) is 7.11 Å². The van der Waals surface area contributed by atoms with E-state index in [9.17, 15) is 0 Å². The highest BCUT2D eigenvalue weighted by molar-refractivity contribution is 9.10. The smallest absolute Gasteiger partial charge is 0.134 e. The number of furan rings is 1. The zero-order valence-electron chi connectivity index (χ0n) is 10.4. The standard InChI is InChI=1S/C14H16BrNO2/c1-3-11(16)13-7-6-12(18-13)9-4-5-10(15)14(8-9)17-2/h4-8,11H,3,16H2,1-2H3. The lowest BCUT2D eigenvalue weighted by molar-refractivity contribution is 0.412. The van der Waals surface area contributed by atoms with Gasteiger partial charge in [-0.05, 0) is 52.7 Å². The van der Waals surface area contributed by atoms with E-state index >= 15 is 0 Å². The number of halogens is 1. The molecule has 1 unspecified atom stereocenters. The Hall–Kier alpha value is -1.26. The second-order valence-electron chi connectivity index (χ2n) is 4.07. The maximum atomic E-state index is 5.94. The van der Waals surface area contributed by atoms with Crippen molar-refractivity contribution < 1.29 is 9.15 Å². The van der Waals surface area contributed by atoms with Gasteiger partial charge in [-0.1, -0.05) is 6.92 Å². The second kappa shape index (κ2) is 5.59. The molecule has 0 saturated carbocycles. The fourth-order valence-corrected chi connectivity index (χ4v) is 2.13. The molecule has 0 aliphatic heterocycles. The Bertz CT molecular complexity index is 536. The molecule has 1 aromatic carbocycles. The van der Waals surface area contributed by atoms with Gasteiger partial charge in [0.1, 0.15) is 17.3 Å². The molecule has 0 bridgehead atoms. The van der Waals surface area contributed by atoms with Crippen LogP contribution in [0.25, 0.3) is 11.3 Å². The molecule has 4 heteroatoms. The van der Waals surface area contributed by atoms with Gasteiger partial charge in [-0.3, -0.25) is 0 Å². The van der Waals surface area contributed by atoms with Crippen LogP contribution < -0.4 is 10.5 Å². The van der Waals surface area contributed by atoms with Gasteiger partial charge < -0.3 is 14.9 Å². The van der Waals surface area contributed by atoms with Crippen molar-refractivity contribution in [1.82, 2.24) is 0 Å². The van der Waals surface area contributed by atoms with E-state index in [0.717, 1.165) is 33.7 Å². The lowest BCUT2D eigenvalue weighted by atomic mass is 10.1. The summed E-state index contributed by atoms with van der Waals surface area (Å²) in [6.07, 6.45) is 0.858. The summed E-state index contributed by atoms with van der Waals surface area (Å²) in [6, 6.07) is 9.68. The zero-order valence-corrected chi connectivity index (χ0v) is 12.0. The van der Waals surface area contributed by atoms with Crippen molar-refractivity contribution in [3.63, 3.8) is 0 Å². The Balaban J connectivity index is 2.34. The third kappa shape index (κ3) is 2.60. The minimum Gasteiger partial charge on any atom is -0.496 e. The molecular formula is C14H16BrNO2. The van der Waals surface area contributed by atoms with E-state index in [1.807, 2.05) is 37.3 Å². The highest BCUT2D eigenvalue weighted by Gasteiger charge is 2.11. The van der Waals surface area contributed by atoms with Crippen molar-refractivity contribution in [2.75, 3.05) is 7.11 Å². The average Bonchev–Trinajstić information content (AvgIpc) is 2.88. The van der Waals surface area contributed by atoms with Gasteiger partial charge in [-0.2, -0.15) is 0 Å². The summed E-state index contributed by atoms with van der Waals surface area (Å²) >= 11 is 3.43. The first-order chi connectivity index (χ1) is 8.65. The predicted molar refractivity (Wildman–Crippen MR) is 75.6 cm³/mol. The Morgan fingerprint density at radius 1 is 1.33 bits per heavy atom. The number of benzene rings is 1. The molecule has 0 fully saturated rings. The Morgan fingerprint density at radius 3 is 2.78 bits per heavy atom. The van der Waals surface area contributed by atoms with Crippen molar-refractivity contribution >= 4 is 15.9 Å². The molecule has 1 aromatic heterocycles. The summed E-state index contributed by atoms with van der Waals surface area (Å²) in [4.78, 5) is 0. The molecule has 1 atom stereocenters. The summed E-state index contributed by atoms with van der Waals surface area (Å²) in [5.74, 6) is 2.40. The van der Waals surface area contributed by atoms with E-state index in [2.05, 4.69) is 15.9 Å². The molecular weight excluding hydrogens is 294 g/mol. The molecule has 0 spiro atoms. The summed E-state index contributed by atoms with van der Waals surface area (Å²) in [6.45, 7) is 2.04. The highest BCUT2D eigenvalue weighted by Crippen LogP contribution is 2.32. The van der Waals surface area contributed by atoms with Crippen molar-refractivity contribution in [1.29, 1.82) is 0 Å². The van der Waals surface area contributed by atoms with Gasteiger partial charge in [-0.25, -0.2) is 0 Å². The number of methoxy groups -OCH3 is 1. The van der Waals surface area contributed by atoms with Gasteiger partial charge in [0.15, 0.2) is 0 Å². The van der Waals surface area contributed by atoms with Crippen molar-refractivity contribution in [3.05, 3.63) is 40.6 Å². The first kappa shape index (κ1) is 13.2. The average molecular weight is 310 g/mol. The van der Waals surface area contributed by atoms with E-state index in [4.69, 9.17) is 14.9 Å². The Kier molecular flexibility index (Phi) is 4.09. The van der Waals surface area contributed by atoms with Crippen molar-refractivity contribution in [3.8, 4) is 17.1 Å². The molecule has 96 valence electrons. The lowest BCUT2D eigenvalue weighted by Gasteiger charge is -2.06. The zero-order chi connectivity index (χ0) is 13.1. The second-order valence-corrected chi connectivity index (χ2v) is 4.92. The minimum absolute atomic E-state index is 0.0453. The van der Waals surface area contributed by atoms with Crippen LogP contribution in [0.5, 0.6) is 5.75 Å². The monoisotopic (exact) mass is 309 g/mol. The van der Waals surface area contributed by atoms with Gasteiger partial charge in [-0.15, -0.1) is 0 Å². The van der Waals surface area contributed by atoms with Crippen LogP contribution in [0, 0.1) is 0 Å². The van der Waals surface area contributed by atoms with Gasteiger partial charge >= 0.3 is 0 Å². The largest absolute Gasteiger partial charge is 0.496 e. The third-order valence-electron chi connectivity index (χ3n) is 2.87. The number of hydrogen-bond donors (Lipinski definition) is 1. The quantitative estimate of drug-likeness (QED) is 0.924. The predicted octanol–water partition coefficient (Wildman–Crippen LogP) is 4.13. The SMILES string of the molecule is CCC(N)c1ccc(-c2ccc(Br)c(OC)c2)o1. The summed E-state index contributed by atoms with van der Waals surface area (Å²) < 4.78 is 12.0. The van der Waals surface area contributed by atoms with Crippen LogP contribution in [0.1, 0.15) is 25.1 Å². The highest BCUT2D eigenvalue weighted by atomic mass is 79.9. The molecule has 1 heterocycles. The van der Waals surface area contributed by atoms with Crippen LogP contribution >= 0.6 is 15.9 Å². The third-order valence-corrected chi connectivity index (χ3v) is 3.52. The van der Waals surface area contributed by atoms with Crippen LogP contribution in [0.4, 0.5) is 0 Å². The van der Waals surface area contributed by atoms with E-state index in [1.54, 1.807) is 7.11 Å². The molecule has 0 aliphatic rings. The van der Waals surface area contributed by atoms with E-state index in [0.29, 0.717) is 0 Å².